The highest BCUT2D eigenvalue weighted by Gasteiger charge is 2.33. The van der Waals surface area contributed by atoms with Gasteiger partial charge >= 0.3 is 6.18 Å². The van der Waals surface area contributed by atoms with Crippen LogP contribution in [0.15, 0.2) is 42.5 Å². The zero-order chi connectivity index (χ0) is 21.9. The van der Waals surface area contributed by atoms with Gasteiger partial charge in [0, 0.05) is 26.2 Å². The normalized spacial score (nSPS) is 15.1. The largest absolute Gasteiger partial charge is 0.507 e. The molecule has 0 saturated carbocycles. The number of benzene rings is 2. The summed E-state index contributed by atoms with van der Waals surface area (Å²) in [5, 5.41) is 12.3. The third kappa shape index (κ3) is 5.10. The number of nitrogens with one attached hydrogen (secondary N) is 1. The first-order chi connectivity index (χ1) is 14.1. The molecule has 1 aliphatic heterocycles. The van der Waals surface area contributed by atoms with Crippen LogP contribution < -0.4 is 5.32 Å². The molecular formula is C21H22F3N3O3. The molecule has 9 heteroatoms. The molecule has 2 aromatic carbocycles. The van der Waals surface area contributed by atoms with Crippen molar-refractivity contribution >= 4 is 17.5 Å². The van der Waals surface area contributed by atoms with Gasteiger partial charge in [-0.05, 0) is 36.8 Å². The Bertz CT molecular complexity index is 939. The summed E-state index contributed by atoms with van der Waals surface area (Å²) >= 11 is 0. The van der Waals surface area contributed by atoms with Gasteiger partial charge in [-0.3, -0.25) is 14.5 Å². The van der Waals surface area contributed by atoms with Crippen LogP contribution in [0, 0.1) is 6.92 Å². The van der Waals surface area contributed by atoms with E-state index in [9.17, 15) is 27.9 Å². The van der Waals surface area contributed by atoms with E-state index in [2.05, 4.69) is 5.32 Å². The van der Waals surface area contributed by atoms with Crippen LogP contribution >= 0.6 is 0 Å². The SMILES string of the molecule is Cc1ccc(C(=O)N2CCN(CC(=O)Nc3ccccc3C(F)(F)F)CC2)c(O)c1. The lowest BCUT2D eigenvalue weighted by atomic mass is 10.1. The first-order valence-corrected chi connectivity index (χ1v) is 9.42. The standard InChI is InChI=1S/C21H22F3N3O3/c1-14-6-7-15(18(28)12-14)20(30)27-10-8-26(9-11-27)13-19(29)25-17-5-3-2-4-16(17)21(22,23)24/h2-7,12,28H,8-11,13H2,1H3,(H,25,29). The van der Waals surface area contributed by atoms with E-state index in [4.69, 9.17) is 0 Å². The zero-order valence-electron chi connectivity index (χ0n) is 16.4. The second-order valence-electron chi connectivity index (χ2n) is 7.18. The Morgan fingerprint density at radius 1 is 1.07 bits per heavy atom. The molecule has 30 heavy (non-hydrogen) atoms. The molecule has 1 aliphatic rings. The molecule has 1 fully saturated rings. The number of halogens is 3. The molecule has 2 N–H and O–H groups in total. The van der Waals surface area contributed by atoms with E-state index in [1.54, 1.807) is 21.9 Å². The second kappa shape index (κ2) is 8.74. The van der Waals surface area contributed by atoms with Gasteiger partial charge in [0.15, 0.2) is 0 Å². The van der Waals surface area contributed by atoms with Crippen molar-refractivity contribution in [2.75, 3.05) is 38.0 Å². The summed E-state index contributed by atoms with van der Waals surface area (Å²) in [4.78, 5) is 28.2. The highest BCUT2D eigenvalue weighted by Crippen LogP contribution is 2.34. The van der Waals surface area contributed by atoms with Crippen molar-refractivity contribution in [3.05, 3.63) is 59.2 Å². The van der Waals surface area contributed by atoms with E-state index in [0.29, 0.717) is 26.2 Å². The molecular weight excluding hydrogens is 399 g/mol. The van der Waals surface area contributed by atoms with Crippen LogP contribution in [0.5, 0.6) is 5.75 Å². The Morgan fingerprint density at radius 3 is 2.37 bits per heavy atom. The summed E-state index contributed by atoms with van der Waals surface area (Å²) in [6.45, 7) is 3.21. The maximum absolute atomic E-state index is 13.0. The van der Waals surface area contributed by atoms with E-state index in [0.717, 1.165) is 11.6 Å². The van der Waals surface area contributed by atoms with Crippen LogP contribution in [-0.4, -0.2) is 59.4 Å². The molecule has 0 bridgehead atoms. The molecule has 2 amide bonds. The third-order valence-electron chi connectivity index (χ3n) is 4.92. The summed E-state index contributed by atoms with van der Waals surface area (Å²) < 4.78 is 39.1. The molecule has 0 unspecified atom stereocenters. The number of aryl methyl sites for hydroxylation is 1. The average Bonchev–Trinajstić information content (AvgIpc) is 2.67. The lowest BCUT2D eigenvalue weighted by Gasteiger charge is -2.34. The molecule has 0 aromatic heterocycles. The summed E-state index contributed by atoms with van der Waals surface area (Å²) in [6, 6.07) is 9.66. The van der Waals surface area contributed by atoms with Gasteiger partial charge in [-0.25, -0.2) is 0 Å². The molecule has 3 rings (SSSR count). The quantitative estimate of drug-likeness (QED) is 0.796. The van der Waals surface area contributed by atoms with Crippen LogP contribution in [0.25, 0.3) is 0 Å². The van der Waals surface area contributed by atoms with Crippen LogP contribution in [0.2, 0.25) is 0 Å². The monoisotopic (exact) mass is 421 g/mol. The highest BCUT2D eigenvalue weighted by molar-refractivity contribution is 5.97. The molecule has 0 spiro atoms. The molecule has 1 heterocycles. The minimum absolute atomic E-state index is 0.0786. The maximum atomic E-state index is 13.0. The minimum Gasteiger partial charge on any atom is -0.507 e. The summed E-state index contributed by atoms with van der Waals surface area (Å²) in [6.07, 6.45) is -4.56. The van der Waals surface area contributed by atoms with E-state index >= 15 is 0 Å². The number of phenols is 1. The lowest BCUT2D eigenvalue weighted by molar-refractivity contribution is -0.137. The van der Waals surface area contributed by atoms with Gasteiger partial charge in [0.05, 0.1) is 23.4 Å². The number of para-hydroxylation sites is 1. The van der Waals surface area contributed by atoms with E-state index in [1.165, 1.54) is 24.3 Å². The van der Waals surface area contributed by atoms with Crippen molar-refractivity contribution in [1.29, 1.82) is 0 Å². The molecule has 0 atom stereocenters. The van der Waals surface area contributed by atoms with E-state index in [-0.39, 0.29) is 29.5 Å². The van der Waals surface area contributed by atoms with Crippen LogP contribution in [0.4, 0.5) is 18.9 Å². The molecule has 1 saturated heterocycles. The van der Waals surface area contributed by atoms with E-state index in [1.807, 2.05) is 6.92 Å². The third-order valence-corrected chi connectivity index (χ3v) is 4.92. The topological polar surface area (TPSA) is 72.9 Å². The molecule has 0 aliphatic carbocycles. The minimum atomic E-state index is -4.56. The van der Waals surface area contributed by atoms with Crippen LogP contribution in [0.3, 0.4) is 0 Å². The van der Waals surface area contributed by atoms with E-state index < -0.39 is 17.6 Å². The predicted molar refractivity (Wildman–Crippen MR) is 105 cm³/mol. The lowest BCUT2D eigenvalue weighted by Crippen LogP contribution is -2.50. The van der Waals surface area contributed by atoms with Crippen molar-refractivity contribution in [3.8, 4) is 5.75 Å². The summed E-state index contributed by atoms with van der Waals surface area (Å²) in [5.41, 5.74) is -0.118. The van der Waals surface area contributed by atoms with Crippen molar-refractivity contribution in [2.45, 2.75) is 13.1 Å². The highest BCUT2D eigenvalue weighted by atomic mass is 19.4. The van der Waals surface area contributed by atoms with Crippen LogP contribution in [0.1, 0.15) is 21.5 Å². The fourth-order valence-electron chi connectivity index (χ4n) is 3.33. The van der Waals surface area contributed by atoms with Crippen LogP contribution in [-0.2, 0) is 11.0 Å². The van der Waals surface area contributed by atoms with Gasteiger partial charge in [0.2, 0.25) is 5.91 Å². The number of alkyl halides is 3. The Hall–Kier alpha value is -3.07. The number of aromatic hydroxyl groups is 1. The Morgan fingerprint density at radius 2 is 1.73 bits per heavy atom. The van der Waals surface area contributed by atoms with Crippen molar-refractivity contribution in [1.82, 2.24) is 9.80 Å². The second-order valence-corrected chi connectivity index (χ2v) is 7.18. The van der Waals surface area contributed by atoms with Gasteiger partial charge in [-0.2, -0.15) is 13.2 Å². The average molecular weight is 421 g/mol. The number of carbonyl (C=O) groups is 2. The molecule has 6 nitrogen and oxygen atoms in total. The number of hydrogen-bond acceptors (Lipinski definition) is 4. The number of anilines is 1. The van der Waals surface area contributed by atoms with Gasteiger partial charge in [-0.15, -0.1) is 0 Å². The number of amides is 2. The molecule has 0 radical (unpaired) electrons. The van der Waals surface area contributed by atoms with Crippen molar-refractivity contribution < 1.29 is 27.9 Å². The van der Waals surface area contributed by atoms with Crippen molar-refractivity contribution in [2.24, 2.45) is 0 Å². The molecule has 2 aromatic rings. The smallest absolute Gasteiger partial charge is 0.418 e. The Balaban J connectivity index is 1.55. The summed E-state index contributed by atoms with van der Waals surface area (Å²) in [7, 11) is 0. The van der Waals surface area contributed by atoms with Gasteiger partial charge in [0.1, 0.15) is 5.75 Å². The van der Waals surface area contributed by atoms with Gasteiger partial charge in [-0.1, -0.05) is 18.2 Å². The fraction of sp³-hybridized carbons (Fsp3) is 0.333. The summed E-state index contributed by atoms with van der Waals surface area (Å²) in [5.74, 6) is -0.927. The fourth-order valence-corrected chi connectivity index (χ4v) is 3.33. The first kappa shape index (κ1) is 21.6. The predicted octanol–water partition coefficient (Wildman–Crippen LogP) is 3.12. The first-order valence-electron chi connectivity index (χ1n) is 9.42. The number of hydrogen-bond donors (Lipinski definition) is 2. The Labute approximate surface area is 171 Å². The number of phenolic OH excluding ortho intramolecular Hbond substituents is 1. The van der Waals surface area contributed by atoms with Crippen molar-refractivity contribution in [3.63, 3.8) is 0 Å². The van der Waals surface area contributed by atoms with Gasteiger partial charge in [0.25, 0.3) is 5.91 Å². The number of nitrogens with zero attached hydrogens (tertiary/aromatic N) is 2. The Kier molecular flexibility index (Phi) is 6.31. The number of carbonyl (C=O) groups excluding carboxylic acids is 2. The molecule has 160 valence electrons. The number of rotatable bonds is 4. The zero-order valence-corrected chi connectivity index (χ0v) is 16.4. The maximum Gasteiger partial charge on any atom is 0.418 e. The number of piperazine rings is 1. The van der Waals surface area contributed by atoms with Gasteiger partial charge < -0.3 is 15.3 Å².